The Bertz CT molecular complexity index is 727. The topological polar surface area (TPSA) is 12.4 Å². The van der Waals surface area contributed by atoms with E-state index in [2.05, 4.69) is 48.1 Å². The molecule has 4 aliphatic carbocycles. The maximum Gasteiger partial charge on any atom is 0.0296 e. The maximum absolute atomic E-state index is 4.74. The molecule has 0 N–H and O–H groups in total. The second-order valence-corrected chi connectivity index (χ2v) is 13.2. The second-order valence-electron chi connectivity index (χ2n) is 13.2. The highest BCUT2D eigenvalue weighted by Gasteiger charge is 2.57. The zero-order chi connectivity index (χ0) is 22.4. The number of fused-ring (bicyclic) bond motifs is 5. The van der Waals surface area contributed by atoms with Crippen LogP contribution in [0.25, 0.3) is 0 Å². The van der Waals surface area contributed by atoms with Gasteiger partial charge in [0, 0.05) is 11.9 Å². The number of hydrogen-bond donors (Lipinski definition) is 0. The fourth-order valence-corrected chi connectivity index (χ4v) is 9.21. The van der Waals surface area contributed by atoms with Crippen molar-refractivity contribution in [3.63, 3.8) is 0 Å². The normalized spacial score (nSPS) is 43.5. The molecule has 0 aromatic heterocycles. The average Bonchev–Trinajstić information content (AvgIpc) is 3.08. The molecule has 1 heteroatoms. The fraction of sp³-hybridized carbons (Fsp3) is 0.833. The van der Waals surface area contributed by atoms with E-state index in [0.717, 1.165) is 53.4 Å². The van der Waals surface area contributed by atoms with Crippen LogP contribution in [-0.4, -0.2) is 5.71 Å². The van der Waals surface area contributed by atoms with E-state index in [0.29, 0.717) is 10.8 Å². The minimum Gasteiger partial charge on any atom is -0.266 e. The summed E-state index contributed by atoms with van der Waals surface area (Å²) in [6.45, 7) is 18.4. The lowest BCUT2D eigenvalue weighted by atomic mass is 9.48. The molecule has 174 valence electrons. The summed E-state index contributed by atoms with van der Waals surface area (Å²) in [5, 5.41) is 0. The molecular formula is C30H49N. The van der Waals surface area contributed by atoms with Gasteiger partial charge >= 0.3 is 0 Å². The molecule has 0 aliphatic heterocycles. The molecule has 0 aromatic rings. The predicted molar refractivity (Wildman–Crippen MR) is 135 cm³/mol. The molecule has 0 heterocycles. The molecule has 0 saturated heterocycles. The van der Waals surface area contributed by atoms with Gasteiger partial charge in [0.25, 0.3) is 0 Å². The van der Waals surface area contributed by atoms with Gasteiger partial charge in [0.05, 0.1) is 0 Å². The van der Waals surface area contributed by atoms with Gasteiger partial charge in [-0.1, -0.05) is 40.3 Å². The summed E-state index contributed by atoms with van der Waals surface area (Å²) < 4.78 is 0. The number of aliphatic imine (C=N–C) groups is 1. The van der Waals surface area contributed by atoms with Crippen LogP contribution in [0, 0.1) is 52.3 Å². The van der Waals surface area contributed by atoms with Crippen molar-refractivity contribution < 1.29 is 0 Å². The zero-order valence-electron chi connectivity index (χ0n) is 21.4. The molecule has 7 unspecified atom stereocenters. The summed E-state index contributed by atoms with van der Waals surface area (Å²) in [5.74, 6) is 6.81. The van der Waals surface area contributed by atoms with Crippen molar-refractivity contribution in [2.45, 2.75) is 106 Å². The van der Waals surface area contributed by atoms with E-state index < -0.39 is 0 Å². The highest BCUT2D eigenvalue weighted by Crippen LogP contribution is 2.66. The molecule has 31 heavy (non-hydrogen) atoms. The summed E-state index contributed by atoms with van der Waals surface area (Å²) in [6, 6.07) is 0. The van der Waals surface area contributed by atoms with Gasteiger partial charge in [-0.05, 0) is 136 Å². The summed E-state index contributed by atoms with van der Waals surface area (Å²) in [6.07, 6.45) is 18.6. The van der Waals surface area contributed by atoms with Crippen LogP contribution >= 0.6 is 0 Å². The van der Waals surface area contributed by atoms with Crippen LogP contribution in [0.2, 0.25) is 0 Å². The van der Waals surface area contributed by atoms with Gasteiger partial charge in [-0.15, -0.1) is 0 Å². The van der Waals surface area contributed by atoms with Crippen molar-refractivity contribution in [2.24, 2.45) is 57.2 Å². The second kappa shape index (κ2) is 8.83. The van der Waals surface area contributed by atoms with E-state index in [1.54, 1.807) is 0 Å². The van der Waals surface area contributed by atoms with Crippen LogP contribution in [-0.2, 0) is 0 Å². The largest absolute Gasteiger partial charge is 0.266 e. The van der Waals surface area contributed by atoms with Crippen molar-refractivity contribution in [2.75, 3.05) is 0 Å². The smallest absolute Gasteiger partial charge is 0.0296 e. The Hall–Kier alpha value is -0.850. The van der Waals surface area contributed by atoms with Crippen LogP contribution in [0.3, 0.4) is 0 Å². The number of hydrogen-bond acceptors (Lipinski definition) is 1. The average molecular weight is 424 g/mol. The number of nitrogens with zero attached hydrogens (tertiary/aromatic N) is 1. The number of rotatable bonds is 5. The summed E-state index contributed by atoms with van der Waals surface area (Å²) in [4.78, 5) is 4.74. The predicted octanol–water partition coefficient (Wildman–Crippen LogP) is 8.86. The molecule has 4 rings (SSSR count). The minimum absolute atomic E-state index is 0.578. The van der Waals surface area contributed by atoms with E-state index >= 15 is 0 Å². The molecule has 4 aliphatic rings. The van der Waals surface area contributed by atoms with Crippen LogP contribution in [0.15, 0.2) is 29.4 Å². The monoisotopic (exact) mass is 423 g/mol. The van der Waals surface area contributed by atoms with Crippen LogP contribution < -0.4 is 0 Å². The van der Waals surface area contributed by atoms with Crippen molar-refractivity contribution in [1.82, 2.24) is 0 Å². The lowest BCUT2D eigenvalue weighted by Crippen LogP contribution is -2.49. The molecule has 0 spiro atoms. The van der Waals surface area contributed by atoms with Crippen LogP contribution in [0.4, 0.5) is 0 Å². The number of allylic oxidation sites excluding steroid dienone is 2. The SMILES string of the molecule is C=C/C(C)=C\N=C(C)CC(C)[C@H]1CCC2C3CCC4CC(C)(C)CCC4C3CCC21C. The van der Waals surface area contributed by atoms with Crippen molar-refractivity contribution in [3.8, 4) is 0 Å². The Morgan fingerprint density at radius 1 is 0.968 bits per heavy atom. The highest BCUT2D eigenvalue weighted by atomic mass is 14.7. The summed E-state index contributed by atoms with van der Waals surface area (Å²) in [5.41, 5.74) is 3.62. The van der Waals surface area contributed by atoms with E-state index in [1.807, 2.05) is 12.3 Å². The van der Waals surface area contributed by atoms with Gasteiger partial charge < -0.3 is 0 Å². The minimum atomic E-state index is 0.578. The van der Waals surface area contributed by atoms with Crippen LogP contribution in [0.1, 0.15) is 106 Å². The molecule has 0 bridgehead atoms. The highest BCUT2D eigenvalue weighted by molar-refractivity contribution is 5.82. The Labute approximate surface area is 193 Å². The van der Waals surface area contributed by atoms with Crippen molar-refractivity contribution >= 4 is 5.71 Å². The Kier molecular flexibility index (Phi) is 6.64. The Morgan fingerprint density at radius 2 is 1.71 bits per heavy atom. The van der Waals surface area contributed by atoms with E-state index in [9.17, 15) is 0 Å². The first-order valence-electron chi connectivity index (χ1n) is 13.5. The Balaban J connectivity index is 1.44. The lowest BCUT2D eigenvalue weighted by Gasteiger charge is -2.57. The van der Waals surface area contributed by atoms with Crippen molar-refractivity contribution in [3.05, 3.63) is 24.4 Å². The standard InChI is InChI=1S/C30H49N/c1-8-20(2)19-31-22(4)17-21(3)27-11-12-28-26-10-9-23-18-29(5,6)15-13-24(23)25(26)14-16-30(27,28)7/h8,19,21,23-28H,1,9-18H2,2-7H3/b20-19-,31-22?/t21?,23?,24?,25?,26?,27-,28?,30?/m1/s1. The summed E-state index contributed by atoms with van der Waals surface area (Å²) >= 11 is 0. The molecular weight excluding hydrogens is 374 g/mol. The molecule has 0 aromatic carbocycles. The fourth-order valence-electron chi connectivity index (χ4n) is 9.21. The first kappa shape index (κ1) is 23.3. The third kappa shape index (κ3) is 4.49. The Morgan fingerprint density at radius 3 is 2.45 bits per heavy atom. The zero-order valence-corrected chi connectivity index (χ0v) is 21.4. The molecule has 0 radical (unpaired) electrons. The summed E-state index contributed by atoms with van der Waals surface area (Å²) in [7, 11) is 0. The van der Waals surface area contributed by atoms with Gasteiger partial charge in [-0.2, -0.15) is 0 Å². The third-order valence-corrected chi connectivity index (χ3v) is 10.7. The van der Waals surface area contributed by atoms with Gasteiger partial charge in [0.2, 0.25) is 0 Å². The van der Waals surface area contributed by atoms with Crippen molar-refractivity contribution in [1.29, 1.82) is 0 Å². The lowest BCUT2D eigenvalue weighted by molar-refractivity contribution is -0.0804. The van der Waals surface area contributed by atoms with Gasteiger partial charge in [-0.25, -0.2) is 0 Å². The first-order valence-corrected chi connectivity index (χ1v) is 13.5. The van der Waals surface area contributed by atoms with Gasteiger partial charge in [-0.3, -0.25) is 4.99 Å². The molecule has 4 fully saturated rings. The van der Waals surface area contributed by atoms with E-state index in [4.69, 9.17) is 4.99 Å². The quantitative estimate of drug-likeness (QED) is 0.309. The molecule has 1 nitrogen and oxygen atoms in total. The van der Waals surface area contributed by atoms with E-state index in [1.165, 1.54) is 63.5 Å². The molecule has 0 amide bonds. The third-order valence-electron chi connectivity index (χ3n) is 10.7. The van der Waals surface area contributed by atoms with E-state index in [-0.39, 0.29) is 0 Å². The van der Waals surface area contributed by atoms with Crippen LogP contribution in [0.5, 0.6) is 0 Å². The molecule has 4 saturated carbocycles. The van der Waals surface area contributed by atoms with Gasteiger partial charge in [0.15, 0.2) is 0 Å². The van der Waals surface area contributed by atoms with Gasteiger partial charge in [0.1, 0.15) is 0 Å². The first-order chi connectivity index (χ1) is 14.6. The molecule has 8 atom stereocenters. The maximum atomic E-state index is 4.74.